The first-order chi connectivity index (χ1) is 10.4. The highest BCUT2D eigenvalue weighted by molar-refractivity contribution is 5.75. The summed E-state index contributed by atoms with van der Waals surface area (Å²) in [5, 5.41) is 17.2. The molecule has 1 rings (SSSR count). The van der Waals surface area contributed by atoms with Crippen molar-refractivity contribution in [3.05, 3.63) is 51.2 Å². The van der Waals surface area contributed by atoms with Gasteiger partial charge in [0.1, 0.15) is 11.3 Å². The second-order valence-electron chi connectivity index (χ2n) is 5.25. The van der Waals surface area contributed by atoms with E-state index in [9.17, 15) is 4.79 Å². The molecule has 1 aromatic carbocycles. The molecule has 6 heteroatoms. The first-order valence-electron chi connectivity index (χ1n) is 7.58. The van der Waals surface area contributed by atoms with Crippen LogP contribution in [0.4, 0.5) is 0 Å². The maximum atomic E-state index is 11.0. The second kappa shape index (κ2) is 10.7. The molecule has 0 saturated carbocycles. The lowest BCUT2D eigenvalue weighted by atomic mass is 9.84. The Morgan fingerprint density at radius 1 is 1.18 bits per heavy atom. The van der Waals surface area contributed by atoms with Gasteiger partial charge in [0.25, 0.3) is 0 Å². The summed E-state index contributed by atoms with van der Waals surface area (Å²) in [5.74, 6) is 0.293. The molecule has 22 heavy (non-hydrogen) atoms. The molecule has 0 aliphatic heterocycles. The lowest BCUT2D eigenvalue weighted by molar-refractivity contribution is -0.738. The summed E-state index contributed by atoms with van der Waals surface area (Å²) < 4.78 is 0. The first-order valence-corrected chi connectivity index (χ1v) is 7.58. The van der Waals surface area contributed by atoms with Crippen molar-refractivity contribution in [2.24, 2.45) is 0 Å². The van der Waals surface area contributed by atoms with Gasteiger partial charge in [-0.15, -0.1) is 0 Å². The minimum absolute atomic E-state index is 0.179. The van der Waals surface area contributed by atoms with Crippen molar-refractivity contribution >= 4 is 5.78 Å². The molecule has 2 N–H and O–H groups in total. The maximum absolute atomic E-state index is 11.0. The van der Waals surface area contributed by atoms with Gasteiger partial charge in [0.2, 0.25) is 0 Å². The molecule has 0 amide bonds. The van der Waals surface area contributed by atoms with Gasteiger partial charge in [0.05, 0.1) is 11.6 Å². The fourth-order valence-electron chi connectivity index (χ4n) is 2.56. The Bertz CT molecular complexity index is 441. The molecule has 0 unspecified atom stereocenters. The average molecular weight is 310 g/mol. The average Bonchev–Trinajstić information content (AvgIpc) is 2.48. The van der Waals surface area contributed by atoms with Gasteiger partial charge in [-0.25, -0.2) is 0 Å². The number of quaternary nitrogens is 1. The zero-order chi connectivity index (χ0) is 17.0. The van der Waals surface area contributed by atoms with Crippen molar-refractivity contribution in [2.75, 3.05) is 6.54 Å². The van der Waals surface area contributed by atoms with Gasteiger partial charge in [0.15, 0.2) is 0 Å². The Balaban J connectivity index is 0.000000980. The highest BCUT2D eigenvalue weighted by atomic mass is 16.9. The Kier molecular flexibility index (Phi) is 9.78. The Labute approximate surface area is 131 Å². The van der Waals surface area contributed by atoms with Crippen molar-refractivity contribution in [2.45, 2.75) is 52.0 Å². The quantitative estimate of drug-likeness (QED) is 0.452. The van der Waals surface area contributed by atoms with E-state index in [2.05, 4.69) is 49.5 Å². The molecular formula is C16H26N2O4. The van der Waals surface area contributed by atoms with Crippen LogP contribution in [-0.2, 0) is 10.3 Å². The Morgan fingerprint density at radius 3 is 2.09 bits per heavy atom. The molecule has 1 aromatic rings. The van der Waals surface area contributed by atoms with Crippen molar-refractivity contribution in [3.63, 3.8) is 0 Å². The molecule has 0 aliphatic carbocycles. The van der Waals surface area contributed by atoms with Gasteiger partial charge in [-0.2, -0.15) is 0 Å². The molecule has 0 aromatic heterocycles. The molecule has 0 aliphatic rings. The van der Waals surface area contributed by atoms with E-state index in [1.54, 1.807) is 6.92 Å². The monoisotopic (exact) mass is 310 g/mol. The summed E-state index contributed by atoms with van der Waals surface area (Å²) in [5.41, 5.74) is 1.58. The second-order valence-corrected chi connectivity index (χ2v) is 5.25. The summed E-state index contributed by atoms with van der Waals surface area (Å²) >= 11 is 0. The standard InChI is InChI=1S/C16H25NO.NO3/c1-4-16(5-2,15-11-7-6-8-12-15)17-13-9-10-14(3)18;2-1(3)4/h6-8,11-12,17H,4-5,9-10,13H2,1-3H3;/q;-1/p+1. The fraction of sp³-hybridized carbons (Fsp3) is 0.562. The topological polar surface area (TPSA) is 99.9 Å². The SMILES string of the molecule is CCC(CC)([NH2+]CCCC(C)=O)c1ccccc1.O=[N+]([O-])[O-]. The van der Waals surface area contributed by atoms with Crippen LogP contribution < -0.4 is 5.32 Å². The zero-order valence-electron chi connectivity index (χ0n) is 13.6. The van der Waals surface area contributed by atoms with Crippen LogP contribution in [0.2, 0.25) is 0 Å². The number of nitrogens with zero attached hydrogens (tertiary/aromatic N) is 1. The predicted octanol–water partition coefficient (Wildman–Crippen LogP) is 2.40. The van der Waals surface area contributed by atoms with Crippen LogP contribution in [0.3, 0.4) is 0 Å². The molecule has 0 spiro atoms. The molecular weight excluding hydrogens is 284 g/mol. The molecule has 0 radical (unpaired) electrons. The van der Waals surface area contributed by atoms with Gasteiger partial charge in [-0.3, -0.25) is 0 Å². The van der Waals surface area contributed by atoms with Crippen LogP contribution in [0, 0.1) is 15.3 Å². The smallest absolute Gasteiger partial charge is 0.130 e. The summed E-state index contributed by atoms with van der Waals surface area (Å²) in [6.07, 6.45) is 3.92. The van der Waals surface area contributed by atoms with Crippen LogP contribution in [0.25, 0.3) is 0 Å². The third-order valence-electron chi connectivity index (χ3n) is 3.88. The van der Waals surface area contributed by atoms with Gasteiger partial charge in [-0.1, -0.05) is 44.2 Å². The van der Waals surface area contributed by atoms with Gasteiger partial charge in [-0.05, 0) is 6.92 Å². The van der Waals surface area contributed by atoms with E-state index in [-0.39, 0.29) is 5.54 Å². The minimum Gasteiger partial charge on any atom is -0.356 e. The van der Waals surface area contributed by atoms with Crippen LogP contribution >= 0.6 is 0 Å². The van der Waals surface area contributed by atoms with E-state index in [1.165, 1.54) is 5.56 Å². The van der Waals surface area contributed by atoms with Crippen molar-refractivity contribution in [1.82, 2.24) is 0 Å². The molecule has 0 heterocycles. The summed E-state index contributed by atoms with van der Waals surface area (Å²) in [7, 11) is 0. The number of hydrogen-bond acceptors (Lipinski definition) is 4. The van der Waals surface area contributed by atoms with E-state index in [1.807, 2.05) is 0 Å². The highest BCUT2D eigenvalue weighted by Gasteiger charge is 2.31. The summed E-state index contributed by atoms with van der Waals surface area (Å²) in [6, 6.07) is 10.7. The number of ketones is 1. The van der Waals surface area contributed by atoms with Crippen LogP contribution in [0.1, 0.15) is 52.0 Å². The number of Topliss-reactive ketones (excluding diaryl/α,β-unsaturated/α-hetero) is 1. The number of carbonyl (C=O) groups excluding carboxylic acids is 1. The van der Waals surface area contributed by atoms with E-state index < -0.39 is 5.09 Å². The van der Waals surface area contributed by atoms with Crippen LogP contribution in [0.15, 0.2) is 30.3 Å². The lowest BCUT2D eigenvalue weighted by Gasteiger charge is -2.30. The summed E-state index contributed by atoms with van der Waals surface area (Å²) in [4.78, 5) is 19.2. The van der Waals surface area contributed by atoms with E-state index in [0.29, 0.717) is 12.2 Å². The van der Waals surface area contributed by atoms with Gasteiger partial charge in [0, 0.05) is 31.2 Å². The lowest BCUT2D eigenvalue weighted by Crippen LogP contribution is -2.94. The van der Waals surface area contributed by atoms with Crippen molar-refractivity contribution in [1.29, 1.82) is 0 Å². The third-order valence-corrected chi connectivity index (χ3v) is 3.88. The van der Waals surface area contributed by atoms with Crippen molar-refractivity contribution in [3.8, 4) is 0 Å². The van der Waals surface area contributed by atoms with E-state index in [0.717, 1.165) is 25.8 Å². The van der Waals surface area contributed by atoms with Crippen LogP contribution in [0.5, 0.6) is 0 Å². The highest BCUT2D eigenvalue weighted by Crippen LogP contribution is 2.23. The minimum atomic E-state index is -1.75. The third kappa shape index (κ3) is 7.73. The number of hydrogen-bond donors (Lipinski definition) is 1. The normalized spacial score (nSPS) is 10.5. The van der Waals surface area contributed by atoms with Gasteiger partial charge < -0.3 is 25.4 Å². The number of rotatable bonds is 8. The zero-order valence-corrected chi connectivity index (χ0v) is 13.6. The molecule has 0 fully saturated rings. The largest absolute Gasteiger partial charge is 0.356 e. The molecule has 124 valence electrons. The Morgan fingerprint density at radius 2 is 1.68 bits per heavy atom. The number of nitrogens with two attached hydrogens (primary N) is 1. The number of benzene rings is 1. The summed E-state index contributed by atoms with van der Waals surface area (Å²) in [6.45, 7) is 7.19. The molecule has 0 atom stereocenters. The first kappa shape index (κ1) is 20.1. The van der Waals surface area contributed by atoms with E-state index in [4.69, 9.17) is 15.3 Å². The predicted molar refractivity (Wildman–Crippen MR) is 85.8 cm³/mol. The fourth-order valence-corrected chi connectivity index (χ4v) is 2.56. The molecule has 6 nitrogen and oxygen atoms in total. The number of carbonyl (C=O) groups is 1. The Hall–Kier alpha value is -1.95. The van der Waals surface area contributed by atoms with Crippen LogP contribution in [-0.4, -0.2) is 17.4 Å². The van der Waals surface area contributed by atoms with Gasteiger partial charge >= 0.3 is 0 Å². The van der Waals surface area contributed by atoms with Crippen molar-refractivity contribution < 1.29 is 15.2 Å². The maximum Gasteiger partial charge on any atom is 0.130 e. The molecule has 0 saturated heterocycles. The van der Waals surface area contributed by atoms with E-state index >= 15 is 0 Å². The molecule has 0 bridgehead atoms.